The van der Waals surface area contributed by atoms with E-state index in [-0.39, 0.29) is 18.4 Å². The molecule has 4 rings (SSSR count). The maximum Gasteiger partial charge on any atom is 0.225 e. The molecule has 0 aliphatic heterocycles. The summed E-state index contributed by atoms with van der Waals surface area (Å²) < 4.78 is 1.77. The lowest BCUT2D eigenvalue weighted by Gasteiger charge is -2.10. The van der Waals surface area contributed by atoms with E-state index in [1.54, 1.807) is 10.9 Å². The number of carbonyl (C=O) groups excluding carboxylic acids is 1. The molecule has 0 fully saturated rings. The number of hydrogen-bond acceptors (Lipinski definition) is 3. The van der Waals surface area contributed by atoms with Crippen molar-refractivity contribution in [3.05, 3.63) is 78.4 Å². The largest absolute Gasteiger partial charge is 0.346 e. The lowest BCUT2D eigenvalue weighted by atomic mass is 10.2. The predicted octanol–water partition coefficient (Wildman–Crippen LogP) is 3.17. The van der Waals surface area contributed by atoms with Gasteiger partial charge in [-0.15, -0.1) is 0 Å². The fraction of sp³-hybridized carbons (Fsp3) is 0.150. The molecule has 6 heteroatoms. The molecule has 26 heavy (non-hydrogen) atoms. The normalized spacial score (nSPS) is 12.2. The molecule has 1 amide bonds. The Hall–Kier alpha value is -3.41. The standard InChI is InChI=1S/C20H19N5O/c1-14(20-23-17-9-5-6-10-18(17)24-20)22-19(26)11-15-12-21-25(13-15)16-7-3-2-4-8-16/h2-10,12-14H,11H2,1H3,(H,22,26)(H,23,24). The van der Waals surface area contributed by atoms with E-state index < -0.39 is 0 Å². The maximum absolute atomic E-state index is 12.4. The number of amides is 1. The maximum atomic E-state index is 12.4. The van der Waals surface area contributed by atoms with E-state index in [0.717, 1.165) is 28.1 Å². The lowest BCUT2D eigenvalue weighted by molar-refractivity contribution is -0.121. The highest BCUT2D eigenvalue weighted by molar-refractivity contribution is 5.79. The van der Waals surface area contributed by atoms with Crippen LogP contribution in [0.1, 0.15) is 24.4 Å². The number of nitrogens with zero attached hydrogens (tertiary/aromatic N) is 3. The number of benzene rings is 2. The van der Waals surface area contributed by atoms with Crippen molar-refractivity contribution in [1.29, 1.82) is 0 Å². The second-order valence-electron chi connectivity index (χ2n) is 6.23. The van der Waals surface area contributed by atoms with Crippen LogP contribution in [0.25, 0.3) is 16.7 Å². The zero-order chi connectivity index (χ0) is 17.9. The van der Waals surface area contributed by atoms with Gasteiger partial charge in [-0.05, 0) is 36.8 Å². The highest BCUT2D eigenvalue weighted by Crippen LogP contribution is 2.16. The Labute approximate surface area is 150 Å². The van der Waals surface area contributed by atoms with Gasteiger partial charge in [-0.1, -0.05) is 30.3 Å². The van der Waals surface area contributed by atoms with Crippen LogP contribution in [0.15, 0.2) is 67.0 Å². The monoisotopic (exact) mass is 345 g/mol. The van der Waals surface area contributed by atoms with Crippen molar-refractivity contribution in [3.8, 4) is 5.69 Å². The summed E-state index contributed by atoms with van der Waals surface area (Å²) in [4.78, 5) is 20.1. The van der Waals surface area contributed by atoms with Crippen LogP contribution in [-0.4, -0.2) is 25.7 Å². The average Bonchev–Trinajstić information content (AvgIpc) is 3.29. The van der Waals surface area contributed by atoms with Gasteiger partial charge in [0.2, 0.25) is 5.91 Å². The first kappa shape index (κ1) is 16.1. The van der Waals surface area contributed by atoms with Crippen LogP contribution in [0.2, 0.25) is 0 Å². The number of aromatic nitrogens is 4. The van der Waals surface area contributed by atoms with Gasteiger partial charge >= 0.3 is 0 Å². The molecule has 0 bridgehead atoms. The lowest BCUT2D eigenvalue weighted by Crippen LogP contribution is -2.28. The van der Waals surface area contributed by atoms with Crippen molar-refractivity contribution in [2.24, 2.45) is 0 Å². The van der Waals surface area contributed by atoms with Crippen molar-refractivity contribution in [1.82, 2.24) is 25.1 Å². The van der Waals surface area contributed by atoms with E-state index in [9.17, 15) is 4.79 Å². The van der Waals surface area contributed by atoms with Gasteiger partial charge in [0.25, 0.3) is 0 Å². The molecular formula is C20H19N5O. The van der Waals surface area contributed by atoms with Crippen molar-refractivity contribution in [3.63, 3.8) is 0 Å². The SMILES string of the molecule is CC(NC(=O)Cc1cnn(-c2ccccc2)c1)c1nc2ccccc2[nH]1. The number of imidazole rings is 1. The number of hydrogen-bond donors (Lipinski definition) is 2. The number of rotatable bonds is 5. The molecule has 2 aromatic carbocycles. The number of para-hydroxylation sites is 3. The fourth-order valence-corrected chi connectivity index (χ4v) is 2.90. The van der Waals surface area contributed by atoms with E-state index in [0.29, 0.717) is 0 Å². The quantitative estimate of drug-likeness (QED) is 0.583. The molecule has 0 aliphatic rings. The summed E-state index contributed by atoms with van der Waals surface area (Å²) in [7, 11) is 0. The van der Waals surface area contributed by atoms with Crippen molar-refractivity contribution in [2.45, 2.75) is 19.4 Å². The molecule has 0 aliphatic carbocycles. The minimum atomic E-state index is -0.195. The zero-order valence-corrected chi connectivity index (χ0v) is 14.4. The van der Waals surface area contributed by atoms with Gasteiger partial charge in [-0.3, -0.25) is 4.79 Å². The summed E-state index contributed by atoms with van der Waals surface area (Å²) in [5.74, 6) is 0.685. The molecule has 1 atom stereocenters. The smallest absolute Gasteiger partial charge is 0.225 e. The summed E-state index contributed by atoms with van der Waals surface area (Å²) in [5, 5.41) is 7.31. The molecular weight excluding hydrogens is 326 g/mol. The highest BCUT2D eigenvalue weighted by atomic mass is 16.1. The first-order valence-electron chi connectivity index (χ1n) is 8.52. The average molecular weight is 345 g/mol. The zero-order valence-electron chi connectivity index (χ0n) is 14.4. The van der Waals surface area contributed by atoms with Gasteiger partial charge in [0, 0.05) is 6.20 Å². The van der Waals surface area contributed by atoms with Gasteiger partial charge in [0.1, 0.15) is 5.82 Å². The van der Waals surface area contributed by atoms with Crippen LogP contribution >= 0.6 is 0 Å². The molecule has 0 saturated carbocycles. The Morgan fingerprint density at radius 1 is 1.15 bits per heavy atom. The molecule has 130 valence electrons. The Morgan fingerprint density at radius 3 is 2.73 bits per heavy atom. The molecule has 6 nitrogen and oxygen atoms in total. The third-order valence-corrected chi connectivity index (χ3v) is 4.22. The predicted molar refractivity (Wildman–Crippen MR) is 99.9 cm³/mol. The topological polar surface area (TPSA) is 75.6 Å². The Balaban J connectivity index is 1.41. The minimum absolute atomic E-state index is 0.0643. The molecule has 2 aromatic heterocycles. The van der Waals surface area contributed by atoms with Gasteiger partial charge in [0.15, 0.2) is 0 Å². The Bertz CT molecular complexity index is 1000. The fourth-order valence-electron chi connectivity index (χ4n) is 2.90. The van der Waals surface area contributed by atoms with Crippen molar-refractivity contribution < 1.29 is 4.79 Å². The second kappa shape index (κ2) is 6.84. The van der Waals surface area contributed by atoms with Crippen LogP contribution in [0, 0.1) is 0 Å². The van der Waals surface area contributed by atoms with Crippen LogP contribution in [0.4, 0.5) is 0 Å². The molecule has 0 radical (unpaired) electrons. The Kier molecular flexibility index (Phi) is 4.23. The summed E-state index contributed by atoms with van der Waals surface area (Å²) >= 11 is 0. The van der Waals surface area contributed by atoms with E-state index in [1.807, 2.05) is 67.7 Å². The summed E-state index contributed by atoms with van der Waals surface area (Å²) in [6, 6.07) is 17.4. The number of H-pyrrole nitrogens is 1. The summed E-state index contributed by atoms with van der Waals surface area (Å²) in [6.45, 7) is 1.92. The minimum Gasteiger partial charge on any atom is -0.346 e. The summed E-state index contributed by atoms with van der Waals surface area (Å²) in [6.07, 6.45) is 3.87. The third-order valence-electron chi connectivity index (χ3n) is 4.22. The third kappa shape index (κ3) is 3.35. The van der Waals surface area contributed by atoms with Crippen LogP contribution in [0.3, 0.4) is 0 Å². The first-order chi connectivity index (χ1) is 12.7. The molecule has 0 saturated heterocycles. The first-order valence-corrected chi connectivity index (χ1v) is 8.52. The van der Waals surface area contributed by atoms with Crippen molar-refractivity contribution in [2.75, 3.05) is 0 Å². The van der Waals surface area contributed by atoms with E-state index in [2.05, 4.69) is 20.4 Å². The molecule has 2 heterocycles. The Morgan fingerprint density at radius 2 is 1.92 bits per heavy atom. The molecule has 2 N–H and O–H groups in total. The number of fused-ring (bicyclic) bond motifs is 1. The van der Waals surface area contributed by atoms with Gasteiger partial charge in [-0.2, -0.15) is 5.10 Å². The second-order valence-corrected chi connectivity index (χ2v) is 6.23. The van der Waals surface area contributed by atoms with Gasteiger partial charge < -0.3 is 10.3 Å². The van der Waals surface area contributed by atoms with E-state index in [4.69, 9.17) is 0 Å². The molecule has 4 aromatic rings. The van der Waals surface area contributed by atoms with Crippen LogP contribution < -0.4 is 5.32 Å². The van der Waals surface area contributed by atoms with Gasteiger partial charge in [-0.25, -0.2) is 9.67 Å². The van der Waals surface area contributed by atoms with Crippen LogP contribution in [0.5, 0.6) is 0 Å². The molecule has 0 spiro atoms. The summed E-state index contributed by atoms with van der Waals surface area (Å²) in [5.41, 5.74) is 3.69. The van der Waals surface area contributed by atoms with E-state index in [1.165, 1.54) is 0 Å². The van der Waals surface area contributed by atoms with Gasteiger partial charge in [0.05, 0.1) is 35.4 Å². The van der Waals surface area contributed by atoms with Crippen molar-refractivity contribution >= 4 is 16.9 Å². The number of nitrogens with one attached hydrogen (secondary N) is 2. The van der Waals surface area contributed by atoms with Crippen LogP contribution in [-0.2, 0) is 11.2 Å². The number of carbonyl (C=O) groups is 1. The van der Waals surface area contributed by atoms with E-state index >= 15 is 0 Å². The molecule has 1 unspecified atom stereocenters. The highest BCUT2D eigenvalue weighted by Gasteiger charge is 2.14. The number of aromatic amines is 1.